The predicted octanol–water partition coefficient (Wildman–Crippen LogP) is 3.12. The van der Waals surface area contributed by atoms with E-state index in [1.54, 1.807) is 0 Å². The summed E-state index contributed by atoms with van der Waals surface area (Å²) in [6.45, 7) is 8.75. The van der Waals surface area contributed by atoms with Gasteiger partial charge in [-0.3, -0.25) is 0 Å². The maximum absolute atomic E-state index is 5.78. The zero-order chi connectivity index (χ0) is 10.4. The Balaban J connectivity index is 2.00. The molecule has 2 nitrogen and oxygen atoms in total. The fraction of sp³-hybridized carbons (Fsp3) is 0.636. The van der Waals surface area contributed by atoms with Crippen molar-refractivity contribution in [1.29, 1.82) is 0 Å². The van der Waals surface area contributed by atoms with Gasteiger partial charge < -0.3 is 8.99 Å². The SMILES string of the molecule is C[Si](C)(C)OCCCCn1cccc1. The van der Waals surface area contributed by atoms with Crippen molar-refractivity contribution in [3.05, 3.63) is 24.5 Å². The van der Waals surface area contributed by atoms with Crippen LogP contribution in [0.1, 0.15) is 12.8 Å². The Morgan fingerprint density at radius 2 is 1.71 bits per heavy atom. The highest BCUT2D eigenvalue weighted by Crippen LogP contribution is 2.04. The third-order valence-electron chi connectivity index (χ3n) is 2.01. The molecule has 0 fully saturated rings. The molecule has 0 saturated carbocycles. The molecule has 0 aliphatic heterocycles. The van der Waals surface area contributed by atoms with Gasteiger partial charge in [0.05, 0.1) is 0 Å². The summed E-state index contributed by atoms with van der Waals surface area (Å²) in [6.07, 6.45) is 6.60. The van der Waals surface area contributed by atoms with E-state index >= 15 is 0 Å². The number of hydrogen-bond acceptors (Lipinski definition) is 1. The van der Waals surface area contributed by atoms with E-state index in [0.29, 0.717) is 0 Å². The minimum atomic E-state index is -1.28. The van der Waals surface area contributed by atoms with Crippen molar-refractivity contribution >= 4 is 8.32 Å². The maximum Gasteiger partial charge on any atom is 0.183 e. The van der Waals surface area contributed by atoms with E-state index in [9.17, 15) is 0 Å². The minimum Gasteiger partial charge on any atom is -0.418 e. The van der Waals surface area contributed by atoms with Crippen LogP contribution in [0.3, 0.4) is 0 Å². The molecule has 0 aromatic carbocycles. The molecule has 0 unspecified atom stereocenters. The highest BCUT2D eigenvalue weighted by molar-refractivity contribution is 6.69. The minimum absolute atomic E-state index is 0.928. The van der Waals surface area contributed by atoms with E-state index in [0.717, 1.165) is 13.2 Å². The van der Waals surface area contributed by atoms with Crippen LogP contribution in [0.15, 0.2) is 24.5 Å². The van der Waals surface area contributed by atoms with Crippen LogP contribution in [0.2, 0.25) is 19.6 Å². The first-order valence-corrected chi connectivity index (χ1v) is 8.73. The van der Waals surface area contributed by atoms with Gasteiger partial charge in [0, 0.05) is 25.5 Å². The Kier molecular flexibility index (Phi) is 4.42. The van der Waals surface area contributed by atoms with Gasteiger partial charge in [-0.05, 0) is 44.6 Å². The molecule has 0 N–H and O–H groups in total. The fourth-order valence-corrected chi connectivity index (χ4v) is 2.05. The number of aryl methyl sites for hydroxylation is 1. The van der Waals surface area contributed by atoms with Crippen molar-refractivity contribution in [3.8, 4) is 0 Å². The Hall–Kier alpha value is -0.543. The van der Waals surface area contributed by atoms with E-state index in [1.165, 1.54) is 12.8 Å². The molecular formula is C11H21NOSi. The van der Waals surface area contributed by atoms with Crippen LogP contribution < -0.4 is 0 Å². The Bertz CT molecular complexity index is 238. The van der Waals surface area contributed by atoms with E-state index in [2.05, 4.69) is 48.7 Å². The normalized spacial score (nSPS) is 11.9. The van der Waals surface area contributed by atoms with Crippen molar-refractivity contribution in [2.45, 2.75) is 39.0 Å². The van der Waals surface area contributed by atoms with Gasteiger partial charge in [0.25, 0.3) is 0 Å². The molecule has 1 rings (SSSR count). The van der Waals surface area contributed by atoms with Crippen molar-refractivity contribution < 1.29 is 4.43 Å². The first-order chi connectivity index (χ1) is 6.58. The molecular weight excluding hydrogens is 190 g/mol. The molecule has 0 aliphatic carbocycles. The number of unbranched alkanes of at least 4 members (excludes halogenated alkanes) is 1. The van der Waals surface area contributed by atoms with E-state index < -0.39 is 8.32 Å². The van der Waals surface area contributed by atoms with E-state index in [-0.39, 0.29) is 0 Å². The lowest BCUT2D eigenvalue weighted by atomic mass is 10.3. The molecule has 1 heterocycles. The summed E-state index contributed by atoms with van der Waals surface area (Å²) in [5, 5.41) is 0. The lowest BCUT2D eigenvalue weighted by Gasteiger charge is -2.16. The topological polar surface area (TPSA) is 14.2 Å². The van der Waals surface area contributed by atoms with Crippen LogP contribution in [0.4, 0.5) is 0 Å². The van der Waals surface area contributed by atoms with Crippen LogP contribution in [0, 0.1) is 0 Å². The maximum atomic E-state index is 5.78. The second-order valence-corrected chi connectivity index (χ2v) is 9.10. The average Bonchev–Trinajstić information content (AvgIpc) is 2.54. The van der Waals surface area contributed by atoms with Crippen LogP contribution in [-0.2, 0) is 11.0 Å². The monoisotopic (exact) mass is 211 g/mol. The molecule has 3 heteroatoms. The van der Waals surface area contributed by atoms with Gasteiger partial charge in [-0.1, -0.05) is 0 Å². The van der Waals surface area contributed by atoms with Crippen molar-refractivity contribution in [3.63, 3.8) is 0 Å². The van der Waals surface area contributed by atoms with Crippen LogP contribution >= 0.6 is 0 Å². The molecule has 14 heavy (non-hydrogen) atoms. The van der Waals surface area contributed by atoms with Gasteiger partial charge in [0.1, 0.15) is 0 Å². The predicted molar refractivity (Wildman–Crippen MR) is 63.0 cm³/mol. The highest BCUT2D eigenvalue weighted by atomic mass is 28.4. The largest absolute Gasteiger partial charge is 0.418 e. The van der Waals surface area contributed by atoms with Gasteiger partial charge in [-0.15, -0.1) is 0 Å². The molecule has 0 bridgehead atoms. The molecule has 0 spiro atoms. The molecule has 0 radical (unpaired) electrons. The second-order valence-electron chi connectivity index (χ2n) is 4.59. The summed E-state index contributed by atoms with van der Waals surface area (Å²) in [6, 6.07) is 4.14. The van der Waals surface area contributed by atoms with Crippen molar-refractivity contribution in [2.75, 3.05) is 6.61 Å². The number of nitrogens with zero attached hydrogens (tertiary/aromatic N) is 1. The molecule has 0 amide bonds. The Morgan fingerprint density at radius 3 is 2.29 bits per heavy atom. The number of rotatable bonds is 6. The summed E-state index contributed by atoms with van der Waals surface area (Å²) < 4.78 is 8.00. The lowest BCUT2D eigenvalue weighted by Crippen LogP contribution is -2.25. The zero-order valence-corrected chi connectivity index (χ0v) is 10.5. The quantitative estimate of drug-likeness (QED) is 0.521. The molecule has 0 saturated heterocycles. The Morgan fingerprint density at radius 1 is 1.07 bits per heavy atom. The van der Waals surface area contributed by atoms with Crippen molar-refractivity contribution in [1.82, 2.24) is 4.57 Å². The third kappa shape index (κ3) is 5.24. The lowest BCUT2D eigenvalue weighted by molar-refractivity contribution is 0.297. The highest BCUT2D eigenvalue weighted by Gasteiger charge is 2.12. The van der Waals surface area contributed by atoms with Crippen LogP contribution in [-0.4, -0.2) is 19.5 Å². The average molecular weight is 211 g/mol. The summed E-state index contributed by atoms with van der Waals surface area (Å²) >= 11 is 0. The zero-order valence-electron chi connectivity index (χ0n) is 9.49. The first kappa shape index (κ1) is 11.5. The summed E-state index contributed by atoms with van der Waals surface area (Å²) in [7, 11) is -1.28. The van der Waals surface area contributed by atoms with Crippen molar-refractivity contribution in [2.24, 2.45) is 0 Å². The Labute approximate surface area is 88.0 Å². The standard InChI is InChI=1S/C11H21NOSi/c1-14(2,3)13-11-7-6-10-12-8-4-5-9-12/h4-5,8-9H,6-7,10-11H2,1-3H3. The van der Waals surface area contributed by atoms with Crippen LogP contribution in [0.5, 0.6) is 0 Å². The fourth-order valence-electron chi connectivity index (χ4n) is 1.29. The van der Waals surface area contributed by atoms with Gasteiger partial charge in [0.15, 0.2) is 8.32 Å². The molecule has 1 aromatic heterocycles. The third-order valence-corrected chi connectivity index (χ3v) is 3.08. The molecule has 0 atom stereocenters. The summed E-state index contributed by atoms with van der Waals surface area (Å²) in [5.74, 6) is 0. The molecule has 80 valence electrons. The first-order valence-electron chi connectivity index (χ1n) is 5.33. The van der Waals surface area contributed by atoms with Gasteiger partial charge in [-0.2, -0.15) is 0 Å². The summed E-state index contributed by atoms with van der Waals surface area (Å²) in [5.41, 5.74) is 0. The molecule has 0 aliphatic rings. The number of hydrogen-bond donors (Lipinski definition) is 0. The number of aromatic nitrogens is 1. The second kappa shape index (κ2) is 5.37. The smallest absolute Gasteiger partial charge is 0.183 e. The van der Waals surface area contributed by atoms with Gasteiger partial charge in [0.2, 0.25) is 0 Å². The van der Waals surface area contributed by atoms with Crippen LogP contribution in [0.25, 0.3) is 0 Å². The van der Waals surface area contributed by atoms with Gasteiger partial charge in [-0.25, -0.2) is 0 Å². The summed E-state index contributed by atoms with van der Waals surface area (Å²) in [4.78, 5) is 0. The van der Waals surface area contributed by atoms with Gasteiger partial charge >= 0.3 is 0 Å². The van der Waals surface area contributed by atoms with E-state index in [4.69, 9.17) is 4.43 Å². The molecule has 1 aromatic rings. The van der Waals surface area contributed by atoms with E-state index in [1.807, 2.05) is 0 Å².